The predicted octanol–water partition coefficient (Wildman–Crippen LogP) is 4.80. The van der Waals surface area contributed by atoms with Crippen LogP contribution in [0.2, 0.25) is 5.02 Å². The van der Waals surface area contributed by atoms with Gasteiger partial charge in [-0.2, -0.15) is 5.10 Å². The third kappa shape index (κ3) is 7.08. The summed E-state index contributed by atoms with van der Waals surface area (Å²) in [7, 11) is 0. The van der Waals surface area contributed by atoms with E-state index in [1.807, 2.05) is 19.9 Å². The lowest BCUT2D eigenvalue weighted by Crippen LogP contribution is -2.24. The number of hydrogen-bond donors (Lipinski definition) is 1. The van der Waals surface area contributed by atoms with Crippen LogP contribution >= 0.6 is 11.6 Å². The number of esters is 1. The highest BCUT2D eigenvalue weighted by atomic mass is 35.5. The molecular weight excluding hydrogens is 444 g/mol. The molecule has 0 heterocycles. The number of nitrogens with zero attached hydrogens (tertiary/aromatic N) is 1. The monoisotopic (exact) mass is 466 g/mol. The van der Waals surface area contributed by atoms with Crippen molar-refractivity contribution in [2.75, 3.05) is 13.2 Å². The second-order valence-corrected chi connectivity index (χ2v) is 7.29. The SMILES string of the molecule is CCOc1cc(/C=N\NC(=O)COc2ccc(Cl)c(C)c2)ccc1OC(=O)c1ccccc1. The molecular formula is C25H23ClN2O5. The fourth-order valence-electron chi connectivity index (χ4n) is 2.76. The minimum absolute atomic E-state index is 0.197. The van der Waals surface area contributed by atoms with Crippen molar-refractivity contribution in [1.82, 2.24) is 5.43 Å². The average molecular weight is 467 g/mol. The summed E-state index contributed by atoms with van der Waals surface area (Å²) < 4.78 is 16.5. The van der Waals surface area contributed by atoms with Gasteiger partial charge in [0.1, 0.15) is 5.75 Å². The molecule has 170 valence electrons. The average Bonchev–Trinajstić information content (AvgIpc) is 2.82. The molecule has 0 aromatic heterocycles. The van der Waals surface area contributed by atoms with Crippen LogP contribution in [-0.2, 0) is 4.79 Å². The van der Waals surface area contributed by atoms with Crippen LogP contribution in [0.25, 0.3) is 0 Å². The fraction of sp³-hybridized carbons (Fsp3) is 0.160. The number of amides is 1. The van der Waals surface area contributed by atoms with Gasteiger partial charge in [-0.1, -0.05) is 29.8 Å². The summed E-state index contributed by atoms with van der Waals surface area (Å²) in [5, 5.41) is 4.56. The van der Waals surface area contributed by atoms with Crippen LogP contribution in [0.15, 0.2) is 71.8 Å². The van der Waals surface area contributed by atoms with Crippen LogP contribution in [0.3, 0.4) is 0 Å². The Morgan fingerprint density at radius 3 is 2.52 bits per heavy atom. The Kier molecular flexibility index (Phi) is 8.43. The van der Waals surface area contributed by atoms with Crippen LogP contribution < -0.4 is 19.6 Å². The highest BCUT2D eigenvalue weighted by Gasteiger charge is 2.13. The number of carbonyl (C=O) groups excluding carboxylic acids is 2. The van der Waals surface area contributed by atoms with Crippen LogP contribution in [-0.4, -0.2) is 31.3 Å². The number of hydrazone groups is 1. The molecule has 8 heteroatoms. The summed E-state index contributed by atoms with van der Waals surface area (Å²) in [5.74, 6) is 0.313. The Morgan fingerprint density at radius 2 is 1.79 bits per heavy atom. The van der Waals surface area contributed by atoms with E-state index < -0.39 is 11.9 Å². The Balaban J connectivity index is 1.58. The molecule has 3 aromatic rings. The lowest BCUT2D eigenvalue weighted by Gasteiger charge is -2.11. The van der Waals surface area contributed by atoms with Crippen molar-refractivity contribution < 1.29 is 23.8 Å². The molecule has 0 saturated heterocycles. The Morgan fingerprint density at radius 1 is 1.00 bits per heavy atom. The van der Waals surface area contributed by atoms with Gasteiger partial charge in [0.2, 0.25) is 0 Å². The molecule has 0 aliphatic rings. The first kappa shape index (κ1) is 23.8. The van der Waals surface area contributed by atoms with E-state index in [-0.39, 0.29) is 6.61 Å². The number of halogens is 1. The standard InChI is InChI=1S/C25H23ClN2O5/c1-3-31-23-14-18(9-12-22(23)33-25(30)19-7-5-4-6-8-19)15-27-28-24(29)16-32-20-10-11-21(26)17(2)13-20/h4-15H,3,16H2,1-2H3,(H,28,29)/b27-15-. The summed E-state index contributed by atoms with van der Waals surface area (Å²) >= 11 is 5.98. The smallest absolute Gasteiger partial charge is 0.343 e. The molecule has 1 amide bonds. The van der Waals surface area contributed by atoms with E-state index in [2.05, 4.69) is 10.5 Å². The van der Waals surface area contributed by atoms with Crippen molar-refractivity contribution in [2.45, 2.75) is 13.8 Å². The van der Waals surface area contributed by atoms with E-state index >= 15 is 0 Å². The predicted molar refractivity (Wildman–Crippen MR) is 126 cm³/mol. The van der Waals surface area contributed by atoms with Crippen LogP contribution in [0.4, 0.5) is 0 Å². The third-order valence-corrected chi connectivity index (χ3v) is 4.81. The van der Waals surface area contributed by atoms with Gasteiger partial charge in [0.05, 0.1) is 18.4 Å². The molecule has 3 aromatic carbocycles. The Labute approximate surface area is 196 Å². The fourth-order valence-corrected chi connectivity index (χ4v) is 2.88. The number of aryl methyl sites for hydroxylation is 1. The van der Waals surface area contributed by atoms with Crippen LogP contribution in [0.5, 0.6) is 17.2 Å². The van der Waals surface area contributed by atoms with Crippen LogP contribution in [0.1, 0.15) is 28.4 Å². The van der Waals surface area contributed by atoms with Gasteiger partial charge in [0.15, 0.2) is 18.1 Å². The first-order valence-electron chi connectivity index (χ1n) is 10.2. The van der Waals surface area contributed by atoms with Crippen molar-refractivity contribution in [3.63, 3.8) is 0 Å². The normalized spacial score (nSPS) is 10.6. The lowest BCUT2D eigenvalue weighted by molar-refractivity contribution is -0.123. The van der Waals surface area contributed by atoms with Crippen molar-refractivity contribution in [1.29, 1.82) is 0 Å². The molecule has 0 aliphatic heterocycles. The molecule has 0 radical (unpaired) electrons. The molecule has 0 unspecified atom stereocenters. The zero-order chi connectivity index (χ0) is 23.6. The maximum atomic E-state index is 12.3. The van der Waals surface area contributed by atoms with E-state index in [0.29, 0.717) is 40.0 Å². The van der Waals surface area contributed by atoms with Gasteiger partial charge in [-0.3, -0.25) is 4.79 Å². The second kappa shape index (κ2) is 11.7. The summed E-state index contributed by atoms with van der Waals surface area (Å²) in [6, 6.07) is 18.8. The molecule has 0 aliphatic carbocycles. The number of rotatable bonds is 9. The Hall–Kier alpha value is -3.84. The number of hydrogen-bond acceptors (Lipinski definition) is 6. The Bertz CT molecular complexity index is 1150. The molecule has 0 spiro atoms. The van der Waals surface area contributed by atoms with E-state index in [1.165, 1.54) is 6.21 Å². The first-order valence-corrected chi connectivity index (χ1v) is 10.6. The van der Waals surface area contributed by atoms with E-state index in [4.69, 9.17) is 25.8 Å². The molecule has 3 rings (SSSR count). The number of carbonyl (C=O) groups is 2. The van der Waals surface area contributed by atoms with E-state index in [1.54, 1.807) is 60.7 Å². The third-order valence-electron chi connectivity index (χ3n) is 4.38. The van der Waals surface area contributed by atoms with Crippen LogP contribution in [0, 0.1) is 6.92 Å². The molecule has 0 fully saturated rings. The summed E-state index contributed by atoms with van der Waals surface area (Å²) in [6.07, 6.45) is 1.45. The molecule has 0 saturated carbocycles. The van der Waals surface area contributed by atoms with Gasteiger partial charge in [-0.05, 0) is 73.5 Å². The molecule has 1 N–H and O–H groups in total. The van der Waals surface area contributed by atoms with Gasteiger partial charge in [0.25, 0.3) is 5.91 Å². The molecule has 0 atom stereocenters. The molecule has 33 heavy (non-hydrogen) atoms. The summed E-state index contributed by atoms with van der Waals surface area (Å²) in [4.78, 5) is 24.3. The van der Waals surface area contributed by atoms with Crippen molar-refractivity contribution >= 4 is 29.7 Å². The lowest BCUT2D eigenvalue weighted by atomic mass is 10.2. The maximum Gasteiger partial charge on any atom is 0.343 e. The first-order chi connectivity index (χ1) is 16.0. The zero-order valence-corrected chi connectivity index (χ0v) is 19.0. The number of nitrogens with one attached hydrogen (secondary N) is 1. The maximum absolute atomic E-state index is 12.3. The minimum atomic E-state index is -0.485. The second-order valence-electron chi connectivity index (χ2n) is 6.89. The molecule has 0 bridgehead atoms. The largest absolute Gasteiger partial charge is 0.490 e. The number of ether oxygens (including phenoxy) is 3. The number of benzene rings is 3. The minimum Gasteiger partial charge on any atom is -0.490 e. The van der Waals surface area contributed by atoms with Gasteiger partial charge in [-0.15, -0.1) is 0 Å². The van der Waals surface area contributed by atoms with E-state index in [0.717, 1.165) is 5.56 Å². The zero-order valence-electron chi connectivity index (χ0n) is 18.2. The van der Waals surface area contributed by atoms with E-state index in [9.17, 15) is 9.59 Å². The summed E-state index contributed by atoms with van der Waals surface area (Å²) in [6.45, 7) is 3.86. The molecule has 7 nitrogen and oxygen atoms in total. The topological polar surface area (TPSA) is 86.2 Å². The highest BCUT2D eigenvalue weighted by Crippen LogP contribution is 2.29. The van der Waals surface area contributed by atoms with Crippen molar-refractivity contribution in [3.05, 3.63) is 88.4 Å². The quantitative estimate of drug-likeness (QED) is 0.212. The summed E-state index contributed by atoms with van der Waals surface area (Å²) in [5.41, 5.74) is 4.34. The van der Waals surface area contributed by atoms with Crippen molar-refractivity contribution in [3.8, 4) is 17.2 Å². The van der Waals surface area contributed by atoms with Crippen molar-refractivity contribution in [2.24, 2.45) is 5.10 Å². The highest BCUT2D eigenvalue weighted by molar-refractivity contribution is 6.31. The van der Waals surface area contributed by atoms with Gasteiger partial charge in [-0.25, -0.2) is 10.2 Å². The van der Waals surface area contributed by atoms with Gasteiger partial charge >= 0.3 is 5.97 Å². The van der Waals surface area contributed by atoms with Gasteiger partial charge < -0.3 is 14.2 Å². The van der Waals surface area contributed by atoms with Gasteiger partial charge in [0, 0.05) is 5.02 Å².